The summed E-state index contributed by atoms with van der Waals surface area (Å²) in [7, 11) is 3.35. The fraction of sp³-hybridized carbons (Fsp3) is 0.154. The van der Waals surface area contributed by atoms with Gasteiger partial charge in [0.2, 0.25) is 0 Å². The van der Waals surface area contributed by atoms with Gasteiger partial charge in [0.15, 0.2) is 5.43 Å². The molecule has 0 radical (unpaired) electrons. The largest absolute Gasteiger partial charge is 0.497 e. The molecule has 0 aliphatic rings. The highest BCUT2D eigenvalue weighted by atomic mass is 16.5. The molecule has 2 N–H and O–H groups in total. The molecule has 0 atom stereocenters. The predicted octanol–water partition coefficient (Wildman–Crippen LogP) is 1.73. The molecule has 0 amide bonds. The van der Waals surface area contributed by atoms with Gasteiger partial charge in [0.1, 0.15) is 5.75 Å². The molecule has 1 aromatic carbocycles. The van der Waals surface area contributed by atoms with E-state index in [2.05, 4.69) is 16.9 Å². The van der Waals surface area contributed by atoms with Crippen LogP contribution >= 0.6 is 0 Å². The Morgan fingerprint density at radius 3 is 2.82 bits per heavy atom. The molecule has 4 heteroatoms. The van der Waals surface area contributed by atoms with Gasteiger partial charge in [0.05, 0.1) is 24.0 Å². The van der Waals surface area contributed by atoms with Crippen molar-refractivity contribution in [3.63, 3.8) is 0 Å². The first-order chi connectivity index (χ1) is 8.15. The minimum absolute atomic E-state index is 0.0344. The summed E-state index contributed by atoms with van der Waals surface area (Å²) in [6.45, 7) is 3.82. The third-order valence-corrected chi connectivity index (χ3v) is 2.66. The van der Waals surface area contributed by atoms with Gasteiger partial charge < -0.3 is 15.0 Å². The molecular formula is C13H14N2O2. The Labute approximate surface area is 98.9 Å². The molecule has 0 aliphatic carbocycles. The summed E-state index contributed by atoms with van der Waals surface area (Å²) in [5, 5.41) is 3.54. The lowest BCUT2D eigenvalue weighted by Crippen LogP contribution is -2.10. The number of pyridine rings is 1. The zero-order valence-corrected chi connectivity index (χ0v) is 9.83. The second-order valence-electron chi connectivity index (χ2n) is 3.69. The number of fused-ring (bicyclic) bond motifs is 1. The molecule has 17 heavy (non-hydrogen) atoms. The van der Waals surface area contributed by atoms with E-state index >= 15 is 0 Å². The molecule has 1 aromatic heterocycles. The van der Waals surface area contributed by atoms with E-state index in [1.54, 1.807) is 32.4 Å². The van der Waals surface area contributed by atoms with E-state index in [1.807, 2.05) is 0 Å². The average Bonchev–Trinajstić information content (AvgIpc) is 2.36. The summed E-state index contributed by atoms with van der Waals surface area (Å²) in [5.41, 5.74) is 2.06. The summed E-state index contributed by atoms with van der Waals surface area (Å²) in [6.07, 6.45) is 0. The zero-order valence-electron chi connectivity index (χ0n) is 9.83. The highest BCUT2D eigenvalue weighted by Gasteiger charge is 2.05. The number of hydrogen-bond donors (Lipinski definition) is 2. The van der Waals surface area contributed by atoms with Crippen LogP contribution in [0.2, 0.25) is 0 Å². The Morgan fingerprint density at radius 2 is 2.18 bits per heavy atom. The molecule has 88 valence electrons. The van der Waals surface area contributed by atoms with E-state index < -0.39 is 0 Å². The number of aromatic amines is 1. The summed E-state index contributed by atoms with van der Waals surface area (Å²) in [6, 6.07) is 6.85. The van der Waals surface area contributed by atoms with Crippen molar-refractivity contribution in [2.24, 2.45) is 0 Å². The van der Waals surface area contributed by atoms with Gasteiger partial charge in [0.25, 0.3) is 0 Å². The van der Waals surface area contributed by atoms with Crippen molar-refractivity contribution in [2.75, 3.05) is 14.2 Å². The summed E-state index contributed by atoms with van der Waals surface area (Å²) < 4.78 is 5.13. The summed E-state index contributed by atoms with van der Waals surface area (Å²) in [4.78, 5) is 15.0. The van der Waals surface area contributed by atoms with Gasteiger partial charge in [-0.1, -0.05) is 6.58 Å². The van der Waals surface area contributed by atoms with Crippen molar-refractivity contribution >= 4 is 16.6 Å². The Kier molecular flexibility index (Phi) is 2.87. The van der Waals surface area contributed by atoms with Crippen LogP contribution in [0, 0.1) is 0 Å². The van der Waals surface area contributed by atoms with Crippen LogP contribution in [0.15, 0.2) is 35.6 Å². The molecule has 2 rings (SSSR count). The smallest absolute Gasteiger partial charge is 0.190 e. The van der Waals surface area contributed by atoms with Crippen molar-refractivity contribution in [3.8, 4) is 5.75 Å². The van der Waals surface area contributed by atoms with Gasteiger partial charge in [-0.2, -0.15) is 0 Å². The van der Waals surface area contributed by atoms with Gasteiger partial charge in [0, 0.05) is 24.6 Å². The summed E-state index contributed by atoms with van der Waals surface area (Å²) >= 11 is 0. The Morgan fingerprint density at radius 1 is 1.41 bits per heavy atom. The van der Waals surface area contributed by atoms with Gasteiger partial charge in [-0.3, -0.25) is 4.79 Å². The highest BCUT2D eigenvalue weighted by molar-refractivity contribution is 5.81. The van der Waals surface area contributed by atoms with Crippen LogP contribution < -0.4 is 15.5 Å². The van der Waals surface area contributed by atoms with Crippen LogP contribution in [-0.4, -0.2) is 19.1 Å². The number of aromatic nitrogens is 1. The molecule has 0 fully saturated rings. The molecule has 0 saturated carbocycles. The number of methoxy groups -OCH3 is 1. The number of nitrogens with one attached hydrogen (secondary N) is 2. The van der Waals surface area contributed by atoms with E-state index in [0.29, 0.717) is 22.5 Å². The first kappa shape index (κ1) is 11.3. The maximum atomic E-state index is 11.9. The van der Waals surface area contributed by atoms with E-state index in [-0.39, 0.29) is 5.43 Å². The zero-order chi connectivity index (χ0) is 12.4. The topological polar surface area (TPSA) is 54.1 Å². The minimum Gasteiger partial charge on any atom is -0.497 e. The number of rotatable bonds is 3. The molecule has 4 nitrogen and oxygen atoms in total. The average molecular weight is 230 g/mol. The van der Waals surface area contributed by atoms with E-state index in [0.717, 1.165) is 5.52 Å². The number of ether oxygens (including phenoxy) is 1. The third kappa shape index (κ3) is 2.01. The van der Waals surface area contributed by atoms with E-state index in [4.69, 9.17) is 4.74 Å². The first-order valence-corrected chi connectivity index (χ1v) is 5.24. The first-order valence-electron chi connectivity index (χ1n) is 5.24. The molecule has 1 heterocycles. The SMILES string of the molecule is C=C(NC)c1cc(=O)c2ccc(OC)cc2[nH]1. The van der Waals surface area contributed by atoms with Crippen molar-refractivity contribution in [1.29, 1.82) is 0 Å². The maximum Gasteiger partial charge on any atom is 0.190 e. The van der Waals surface area contributed by atoms with Crippen LogP contribution in [0.4, 0.5) is 0 Å². The fourth-order valence-electron chi connectivity index (χ4n) is 1.66. The quantitative estimate of drug-likeness (QED) is 0.844. The van der Waals surface area contributed by atoms with Crippen LogP contribution in [0.25, 0.3) is 16.6 Å². The van der Waals surface area contributed by atoms with Crippen LogP contribution in [0.1, 0.15) is 5.69 Å². The highest BCUT2D eigenvalue weighted by Crippen LogP contribution is 2.17. The molecule has 2 aromatic rings. The lowest BCUT2D eigenvalue weighted by molar-refractivity contribution is 0.415. The second-order valence-corrected chi connectivity index (χ2v) is 3.69. The number of hydrogen-bond acceptors (Lipinski definition) is 3. The molecular weight excluding hydrogens is 216 g/mol. The predicted molar refractivity (Wildman–Crippen MR) is 69.2 cm³/mol. The van der Waals surface area contributed by atoms with E-state index in [9.17, 15) is 4.79 Å². The van der Waals surface area contributed by atoms with Gasteiger partial charge in [-0.25, -0.2) is 0 Å². The normalized spacial score (nSPS) is 10.2. The van der Waals surface area contributed by atoms with Gasteiger partial charge in [-0.05, 0) is 12.1 Å². The minimum atomic E-state index is -0.0344. The molecule has 0 bridgehead atoms. The van der Waals surface area contributed by atoms with Crippen molar-refractivity contribution in [3.05, 3.63) is 46.8 Å². The van der Waals surface area contributed by atoms with Crippen LogP contribution in [0.3, 0.4) is 0 Å². The standard InChI is InChI=1S/C13H14N2O2/c1-8(14-2)11-7-13(16)10-5-4-9(17-3)6-12(10)15-11/h4-7,14H,1H2,2-3H3,(H,15,16). The van der Waals surface area contributed by atoms with E-state index in [1.165, 1.54) is 6.07 Å². The van der Waals surface area contributed by atoms with Crippen LogP contribution in [-0.2, 0) is 0 Å². The number of benzene rings is 1. The lowest BCUT2D eigenvalue weighted by Gasteiger charge is -2.07. The Bertz CT molecular complexity index is 629. The second kappa shape index (κ2) is 4.33. The Hall–Kier alpha value is -2.23. The Balaban J connectivity index is 2.70. The molecule has 0 aliphatic heterocycles. The fourth-order valence-corrected chi connectivity index (χ4v) is 1.66. The van der Waals surface area contributed by atoms with Gasteiger partial charge in [-0.15, -0.1) is 0 Å². The van der Waals surface area contributed by atoms with Crippen molar-refractivity contribution < 1.29 is 4.74 Å². The van der Waals surface area contributed by atoms with Crippen molar-refractivity contribution in [1.82, 2.24) is 10.3 Å². The monoisotopic (exact) mass is 230 g/mol. The number of H-pyrrole nitrogens is 1. The molecule has 0 saturated heterocycles. The van der Waals surface area contributed by atoms with Crippen LogP contribution in [0.5, 0.6) is 5.75 Å². The summed E-state index contributed by atoms with van der Waals surface area (Å²) in [5.74, 6) is 0.709. The van der Waals surface area contributed by atoms with Gasteiger partial charge >= 0.3 is 0 Å². The molecule has 0 spiro atoms. The van der Waals surface area contributed by atoms with Crippen molar-refractivity contribution in [2.45, 2.75) is 0 Å². The molecule has 0 unspecified atom stereocenters. The lowest BCUT2D eigenvalue weighted by atomic mass is 10.1. The third-order valence-electron chi connectivity index (χ3n) is 2.66. The maximum absolute atomic E-state index is 11.9.